The lowest BCUT2D eigenvalue weighted by Crippen LogP contribution is -2.35. The monoisotopic (exact) mass is 213 g/mol. The Kier molecular flexibility index (Phi) is 3.08. The third kappa shape index (κ3) is 2.28. The van der Waals surface area contributed by atoms with E-state index in [-0.39, 0.29) is 0 Å². The molecule has 1 saturated heterocycles. The van der Waals surface area contributed by atoms with Crippen molar-refractivity contribution >= 4 is 11.6 Å². The summed E-state index contributed by atoms with van der Waals surface area (Å²) in [5, 5.41) is 8.57. The van der Waals surface area contributed by atoms with Crippen LogP contribution in [0.3, 0.4) is 0 Å². The van der Waals surface area contributed by atoms with Gasteiger partial charge in [0.1, 0.15) is 5.15 Å². The highest BCUT2D eigenvalue weighted by molar-refractivity contribution is 6.29. The minimum absolute atomic E-state index is 0.592. The molecule has 78 valence electrons. The molecule has 0 amide bonds. The Morgan fingerprint density at radius 3 is 3.07 bits per heavy atom. The lowest BCUT2D eigenvalue weighted by Gasteiger charge is -2.22. The summed E-state index contributed by atoms with van der Waals surface area (Å²) in [6, 6.07) is 2.55. The van der Waals surface area contributed by atoms with Gasteiger partial charge in [-0.3, -0.25) is 4.68 Å². The average molecular weight is 214 g/mol. The van der Waals surface area contributed by atoms with Crippen LogP contribution in [0.2, 0.25) is 5.15 Å². The zero-order valence-electron chi connectivity index (χ0n) is 8.46. The molecule has 1 N–H and O–H groups in total. The smallest absolute Gasteiger partial charge is 0.126 e. The predicted molar refractivity (Wildman–Crippen MR) is 57.6 cm³/mol. The third-order valence-electron chi connectivity index (χ3n) is 2.74. The Labute approximate surface area is 89.4 Å². The summed E-state index contributed by atoms with van der Waals surface area (Å²) < 4.78 is 1.72. The van der Waals surface area contributed by atoms with E-state index in [1.807, 2.05) is 13.1 Å². The van der Waals surface area contributed by atoms with Crippen LogP contribution in [-0.2, 0) is 13.5 Å². The first-order chi connectivity index (χ1) is 6.75. The second kappa shape index (κ2) is 4.32. The number of piperidine rings is 1. The first-order valence-electron chi connectivity index (χ1n) is 5.17. The van der Waals surface area contributed by atoms with E-state index >= 15 is 0 Å². The highest BCUT2D eigenvalue weighted by Crippen LogP contribution is 2.14. The summed E-state index contributed by atoms with van der Waals surface area (Å²) in [4.78, 5) is 0. The van der Waals surface area contributed by atoms with E-state index in [1.165, 1.54) is 19.3 Å². The first kappa shape index (κ1) is 9.99. The first-order valence-corrected chi connectivity index (χ1v) is 5.55. The van der Waals surface area contributed by atoms with Crippen LogP contribution in [0.1, 0.15) is 25.0 Å². The number of halogens is 1. The second-order valence-corrected chi connectivity index (χ2v) is 4.32. The van der Waals surface area contributed by atoms with Gasteiger partial charge in [0.15, 0.2) is 0 Å². The molecular weight excluding hydrogens is 198 g/mol. The standard InChI is InChI=1S/C10H16ClN3/c1-14-10(11)7-9(13-14)6-8-4-2-3-5-12-8/h7-8,12H,2-6H2,1H3. The van der Waals surface area contributed by atoms with Gasteiger partial charge in [0, 0.05) is 19.5 Å². The van der Waals surface area contributed by atoms with Crippen molar-refractivity contribution in [1.82, 2.24) is 15.1 Å². The topological polar surface area (TPSA) is 29.9 Å². The number of aromatic nitrogens is 2. The summed E-state index contributed by atoms with van der Waals surface area (Å²) in [5.41, 5.74) is 1.09. The molecule has 1 fully saturated rings. The summed E-state index contributed by atoms with van der Waals surface area (Å²) >= 11 is 5.93. The van der Waals surface area contributed by atoms with Gasteiger partial charge in [-0.05, 0) is 25.5 Å². The van der Waals surface area contributed by atoms with Crippen molar-refractivity contribution in [3.8, 4) is 0 Å². The van der Waals surface area contributed by atoms with Crippen LogP contribution < -0.4 is 5.32 Å². The molecule has 2 heterocycles. The molecule has 1 aliphatic rings. The largest absolute Gasteiger partial charge is 0.314 e. The fourth-order valence-corrected chi connectivity index (χ4v) is 2.11. The quantitative estimate of drug-likeness (QED) is 0.812. The van der Waals surface area contributed by atoms with Crippen LogP contribution in [0.15, 0.2) is 6.07 Å². The molecule has 0 radical (unpaired) electrons. The van der Waals surface area contributed by atoms with Gasteiger partial charge in [-0.15, -0.1) is 0 Å². The maximum atomic E-state index is 5.93. The molecule has 1 atom stereocenters. The molecule has 0 spiro atoms. The zero-order chi connectivity index (χ0) is 9.97. The van der Waals surface area contributed by atoms with E-state index in [9.17, 15) is 0 Å². The van der Waals surface area contributed by atoms with Crippen molar-refractivity contribution in [2.75, 3.05) is 6.54 Å². The number of rotatable bonds is 2. The molecule has 0 aliphatic carbocycles. The van der Waals surface area contributed by atoms with E-state index in [1.54, 1.807) is 4.68 Å². The number of hydrogen-bond acceptors (Lipinski definition) is 2. The zero-order valence-corrected chi connectivity index (χ0v) is 9.22. The number of nitrogens with one attached hydrogen (secondary N) is 1. The Morgan fingerprint density at radius 2 is 2.50 bits per heavy atom. The van der Waals surface area contributed by atoms with Gasteiger partial charge in [-0.25, -0.2) is 0 Å². The van der Waals surface area contributed by atoms with Crippen molar-refractivity contribution < 1.29 is 0 Å². The second-order valence-electron chi connectivity index (χ2n) is 3.93. The number of hydrogen-bond donors (Lipinski definition) is 1. The predicted octanol–water partition coefficient (Wildman–Crippen LogP) is 1.76. The van der Waals surface area contributed by atoms with Gasteiger partial charge in [-0.2, -0.15) is 5.10 Å². The van der Waals surface area contributed by atoms with E-state index < -0.39 is 0 Å². The van der Waals surface area contributed by atoms with E-state index in [0.29, 0.717) is 6.04 Å². The van der Waals surface area contributed by atoms with Crippen LogP contribution in [0.4, 0.5) is 0 Å². The van der Waals surface area contributed by atoms with Gasteiger partial charge in [-0.1, -0.05) is 18.0 Å². The molecule has 1 aromatic rings. The molecule has 2 rings (SSSR count). The molecule has 14 heavy (non-hydrogen) atoms. The SMILES string of the molecule is Cn1nc(CC2CCCCN2)cc1Cl. The van der Waals surface area contributed by atoms with Crippen molar-refractivity contribution in [2.45, 2.75) is 31.7 Å². The van der Waals surface area contributed by atoms with Gasteiger partial charge >= 0.3 is 0 Å². The molecule has 1 unspecified atom stereocenters. The maximum Gasteiger partial charge on any atom is 0.126 e. The van der Waals surface area contributed by atoms with E-state index in [4.69, 9.17) is 11.6 Å². The summed E-state index contributed by atoms with van der Waals surface area (Å²) in [7, 11) is 1.88. The fourth-order valence-electron chi connectivity index (χ4n) is 1.95. The van der Waals surface area contributed by atoms with Crippen molar-refractivity contribution in [1.29, 1.82) is 0 Å². The molecule has 0 saturated carbocycles. The molecule has 1 aromatic heterocycles. The third-order valence-corrected chi connectivity index (χ3v) is 3.09. The van der Waals surface area contributed by atoms with Crippen LogP contribution in [-0.4, -0.2) is 22.4 Å². The van der Waals surface area contributed by atoms with Crippen molar-refractivity contribution in [2.24, 2.45) is 7.05 Å². The van der Waals surface area contributed by atoms with Crippen molar-refractivity contribution in [3.63, 3.8) is 0 Å². The number of aryl methyl sites for hydroxylation is 1. The number of nitrogens with zero attached hydrogens (tertiary/aromatic N) is 2. The van der Waals surface area contributed by atoms with E-state index in [0.717, 1.165) is 23.8 Å². The normalized spacial score (nSPS) is 22.6. The van der Waals surface area contributed by atoms with Crippen molar-refractivity contribution in [3.05, 3.63) is 16.9 Å². The Hall–Kier alpha value is -0.540. The highest BCUT2D eigenvalue weighted by Gasteiger charge is 2.14. The van der Waals surface area contributed by atoms with Crippen LogP contribution in [0.25, 0.3) is 0 Å². The van der Waals surface area contributed by atoms with Crippen LogP contribution >= 0.6 is 11.6 Å². The Bertz CT molecular complexity index is 283. The minimum Gasteiger partial charge on any atom is -0.314 e. The molecule has 1 aliphatic heterocycles. The molecule has 0 aromatic carbocycles. The molecule has 3 nitrogen and oxygen atoms in total. The van der Waals surface area contributed by atoms with Gasteiger partial charge in [0.25, 0.3) is 0 Å². The fraction of sp³-hybridized carbons (Fsp3) is 0.700. The average Bonchev–Trinajstić information content (AvgIpc) is 2.47. The summed E-state index contributed by atoms with van der Waals surface area (Å²) in [6.45, 7) is 1.14. The van der Waals surface area contributed by atoms with E-state index in [2.05, 4.69) is 10.4 Å². The minimum atomic E-state index is 0.592. The van der Waals surface area contributed by atoms with Crippen LogP contribution in [0, 0.1) is 0 Å². The van der Waals surface area contributed by atoms with Gasteiger partial charge in [0.05, 0.1) is 5.69 Å². The molecule has 4 heteroatoms. The summed E-state index contributed by atoms with van der Waals surface area (Å²) in [5.74, 6) is 0. The summed E-state index contributed by atoms with van der Waals surface area (Å²) in [6.07, 6.45) is 4.90. The maximum absolute atomic E-state index is 5.93. The molecule has 0 bridgehead atoms. The Morgan fingerprint density at radius 1 is 1.64 bits per heavy atom. The molecular formula is C10H16ClN3. The Balaban J connectivity index is 1.95. The van der Waals surface area contributed by atoms with Gasteiger partial charge < -0.3 is 5.32 Å². The van der Waals surface area contributed by atoms with Crippen LogP contribution in [0.5, 0.6) is 0 Å². The lowest BCUT2D eigenvalue weighted by atomic mass is 10.0. The van der Waals surface area contributed by atoms with Gasteiger partial charge in [0.2, 0.25) is 0 Å². The lowest BCUT2D eigenvalue weighted by molar-refractivity contribution is 0.396. The highest BCUT2D eigenvalue weighted by atomic mass is 35.5.